The summed E-state index contributed by atoms with van der Waals surface area (Å²) in [6.45, 7) is 3.09. The van der Waals surface area contributed by atoms with Crippen LogP contribution < -0.4 is 5.73 Å². The largest absolute Gasteiger partial charge is 0.396 e. The van der Waals surface area contributed by atoms with Crippen LogP contribution in [0.2, 0.25) is 0 Å². The van der Waals surface area contributed by atoms with E-state index in [1.165, 1.54) is 12.8 Å². The van der Waals surface area contributed by atoms with Crippen molar-refractivity contribution in [2.45, 2.75) is 25.8 Å². The minimum Gasteiger partial charge on any atom is -0.396 e. The van der Waals surface area contributed by atoms with Gasteiger partial charge in [-0.05, 0) is 43.9 Å². The quantitative estimate of drug-likeness (QED) is 0.896. The van der Waals surface area contributed by atoms with E-state index in [-0.39, 0.29) is 6.61 Å². The number of nitrogen functional groups attached to an aromatic ring is 1. The van der Waals surface area contributed by atoms with Gasteiger partial charge >= 0.3 is 0 Å². The maximum absolute atomic E-state index is 9.09. The molecule has 0 saturated carbocycles. The summed E-state index contributed by atoms with van der Waals surface area (Å²) >= 11 is 0. The predicted molar refractivity (Wildman–Crippen MR) is 83.7 cm³/mol. The van der Waals surface area contributed by atoms with Crippen LogP contribution in [0.25, 0.3) is 10.9 Å². The van der Waals surface area contributed by atoms with E-state index in [0.29, 0.717) is 11.7 Å². The van der Waals surface area contributed by atoms with Crippen LogP contribution in [-0.4, -0.2) is 39.7 Å². The molecule has 2 heterocycles. The lowest BCUT2D eigenvalue weighted by Crippen LogP contribution is -2.35. The average molecular weight is 286 g/mol. The van der Waals surface area contributed by atoms with Crippen molar-refractivity contribution < 1.29 is 5.11 Å². The first-order chi connectivity index (χ1) is 10.3. The highest BCUT2D eigenvalue weighted by molar-refractivity contribution is 5.87. The van der Waals surface area contributed by atoms with E-state index in [9.17, 15) is 0 Å². The second-order valence-corrected chi connectivity index (χ2v) is 5.80. The van der Waals surface area contributed by atoms with Gasteiger partial charge in [0, 0.05) is 18.5 Å². The number of anilines is 1. The van der Waals surface area contributed by atoms with Crippen molar-refractivity contribution in [1.82, 2.24) is 14.9 Å². The van der Waals surface area contributed by atoms with Gasteiger partial charge < -0.3 is 10.8 Å². The third-order valence-electron chi connectivity index (χ3n) is 4.18. The lowest BCUT2D eigenvalue weighted by molar-refractivity contribution is 0.140. The van der Waals surface area contributed by atoms with Crippen LogP contribution in [0, 0.1) is 5.92 Å². The first kappa shape index (κ1) is 14.2. The minimum atomic E-state index is 0.276. The van der Waals surface area contributed by atoms with Gasteiger partial charge in [-0.1, -0.05) is 12.1 Å². The number of nitrogens with two attached hydrogens (primary N) is 1. The molecule has 21 heavy (non-hydrogen) atoms. The molecule has 1 atom stereocenters. The molecule has 2 aromatic rings. The predicted octanol–water partition coefficient (Wildman–Crippen LogP) is 1.81. The van der Waals surface area contributed by atoms with Gasteiger partial charge in [-0.25, -0.2) is 9.97 Å². The van der Waals surface area contributed by atoms with E-state index in [2.05, 4.69) is 14.9 Å². The number of aliphatic hydroxyl groups is 1. The van der Waals surface area contributed by atoms with Gasteiger partial charge in [0.25, 0.3) is 0 Å². The van der Waals surface area contributed by atoms with E-state index in [0.717, 1.165) is 42.8 Å². The molecule has 1 aliphatic heterocycles. The number of fused-ring (bicyclic) bond motifs is 1. The lowest BCUT2D eigenvalue weighted by atomic mass is 9.95. The Balaban J connectivity index is 1.75. The fourth-order valence-corrected chi connectivity index (χ4v) is 3.13. The van der Waals surface area contributed by atoms with Crippen LogP contribution in [0.15, 0.2) is 24.3 Å². The molecule has 3 N–H and O–H groups in total. The molecule has 1 aromatic carbocycles. The Hall–Kier alpha value is -1.72. The number of likely N-dealkylation sites (tertiary alicyclic amines) is 1. The number of benzene rings is 1. The molecule has 1 aromatic heterocycles. The third kappa shape index (κ3) is 3.31. The SMILES string of the molecule is Nc1nc(CN2CCCC(CCO)C2)nc2ccccc12. The Morgan fingerprint density at radius 3 is 3.00 bits per heavy atom. The first-order valence-corrected chi connectivity index (χ1v) is 7.60. The zero-order valence-corrected chi connectivity index (χ0v) is 12.2. The van der Waals surface area contributed by atoms with Gasteiger partial charge in [0.1, 0.15) is 11.6 Å². The molecule has 0 bridgehead atoms. The molecule has 1 saturated heterocycles. The Bertz CT molecular complexity index is 614. The van der Waals surface area contributed by atoms with Crippen molar-refractivity contribution in [1.29, 1.82) is 0 Å². The highest BCUT2D eigenvalue weighted by Gasteiger charge is 2.20. The van der Waals surface area contributed by atoms with Gasteiger partial charge in [-0.2, -0.15) is 0 Å². The number of nitrogens with zero attached hydrogens (tertiary/aromatic N) is 3. The monoisotopic (exact) mass is 286 g/mol. The van der Waals surface area contributed by atoms with Crippen LogP contribution in [0.5, 0.6) is 0 Å². The van der Waals surface area contributed by atoms with E-state index in [1.54, 1.807) is 0 Å². The zero-order valence-electron chi connectivity index (χ0n) is 12.2. The molecule has 1 unspecified atom stereocenters. The standard InChI is InChI=1S/C16H22N4O/c17-16-13-5-1-2-6-14(13)18-15(19-16)11-20-8-3-4-12(10-20)7-9-21/h1-2,5-6,12,21H,3-4,7-11H2,(H2,17,18,19). The lowest BCUT2D eigenvalue weighted by Gasteiger charge is -2.31. The maximum atomic E-state index is 9.09. The number of rotatable bonds is 4. The zero-order chi connectivity index (χ0) is 14.7. The average Bonchev–Trinajstić information content (AvgIpc) is 2.48. The van der Waals surface area contributed by atoms with Crippen molar-refractivity contribution in [2.24, 2.45) is 5.92 Å². The number of aromatic nitrogens is 2. The second-order valence-electron chi connectivity index (χ2n) is 5.80. The van der Waals surface area contributed by atoms with Crippen LogP contribution in [0.1, 0.15) is 25.1 Å². The maximum Gasteiger partial charge on any atom is 0.145 e. The second kappa shape index (κ2) is 6.37. The summed E-state index contributed by atoms with van der Waals surface area (Å²) in [5.41, 5.74) is 6.94. The molecular weight excluding hydrogens is 264 g/mol. The summed E-state index contributed by atoms with van der Waals surface area (Å²) in [7, 11) is 0. The summed E-state index contributed by atoms with van der Waals surface area (Å²) in [4.78, 5) is 11.4. The summed E-state index contributed by atoms with van der Waals surface area (Å²) in [6, 6.07) is 7.84. The van der Waals surface area contributed by atoms with E-state index < -0.39 is 0 Å². The van der Waals surface area contributed by atoms with E-state index in [4.69, 9.17) is 10.8 Å². The number of para-hydroxylation sites is 1. The topological polar surface area (TPSA) is 75.3 Å². The molecule has 0 amide bonds. The van der Waals surface area contributed by atoms with Crippen molar-refractivity contribution in [2.75, 3.05) is 25.4 Å². The number of hydrogen-bond donors (Lipinski definition) is 2. The molecule has 5 heteroatoms. The van der Waals surface area contributed by atoms with Crippen molar-refractivity contribution in [3.8, 4) is 0 Å². The Kier molecular flexibility index (Phi) is 4.31. The van der Waals surface area contributed by atoms with Crippen molar-refractivity contribution in [3.63, 3.8) is 0 Å². The number of hydrogen-bond acceptors (Lipinski definition) is 5. The normalized spacial score (nSPS) is 20.0. The molecule has 0 aliphatic carbocycles. The molecule has 1 aliphatic rings. The van der Waals surface area contributed by atoms with Crippen LogP contribution >= 0.6 is 0 Å². The third-order valence-corrected chi connectivity index (χ3v) is 4.18. The van der Waals surface area contributed by atoms with Gasteiger partial charge in [0.05, 0.1) is 12.1 Å². The van der Waals surface area contributed by atoms with Gasteiger partial charge in [-0.15, -0.1) is 0 Å². The number of piperidine rings is 1. The van der Waals surface area contributed by atoms with Gasteiger partial charge in [0.2, 0.25) is 0 Å². The fourth-order valence-electron chi connectivity index (χ4n) is 3.13. The van der Waals surface area contributed by atoms with Crippen LogP contribution in [0.4, 0.5) is 5.82 Å². The highest BCUT2D eigenvalue weighted by Crippen LogP contribution is 2.22. The number of aliphatic hydroxyl groups excluding tert-OH is 1. The Labute approximate surface area is 124 Å². The van der Waals surface area contributed by atoms with E-state index >= 15 is 0 Å². The molecule has 112 valence electrons. The molecule has 0 spiro atoms. The molecule has 5 nitrogen and oxygen atoms in total. The Morgan fingerprint density at radius 1 is 1.29 bits per heavy atom. The van der Waals surface area contributed by atoms with Gasteiger partial charge in [-0.3, -0.25) is 4.90 Å². The van der Waals surface area contributed by atoms with Crippen LogP contribution in [-0.2, 0) is 6.54 Å². The summed E-state index contributed by atoms with van der Waals surface area (Å²) in [5, 5.41) is 10.0. The van der Waals surface area contributed by atoms with Gasteiger partial charge in [0.15, 0.2) is 0 Å². The molecule has 0 radical (unpaired) electrons. The minimum absolute atomic E-state index is 0.276. The van der Waals surface area contributed by atoms with Crippen LogP contribution in [0.3, 0.4) is 0 Å². The molecule has 3 rings (SSSR count). The van der Waals surface area contributed by atoms with Crippen molar-refractivity contribution >= 4 is 16.7 Å². The molecule has 1 fully saturated rings. The fraction of sp³-hybridized carbons (Fsp3) is 0.500. The summed E-state index contributed by atoms with van der Waals surface area (Å²) in [6.07, 6.45) is 3.27. The summed E-state index contributed by atoms with van der Waals surface area (Å²) in [5.74, 6) is 1.93. The molecular formula is C16H22N4O. The van der Waals surface area contributed by atoms with Crippen molar-refractivity contribution in [3.05, 3.63) is 30.1 Å². The summed E-state index contributed by atoms with van der Waals surface area (Å²) < 4.78 is 0. The smallest absolute Gasteiger partial charge is 0.145 e. The highest BCUT2D eigenvalue weighted by atomic mass is 16.3. The first-order valence-electron chi connectivity index (χ1n) is 7.60. The van der Waals surface area contributed by atoms with E-state index in [1.807, 2.05) is 24.3 Å². The Morgan fingerprint density at radius 2 is 2.14 bits per heavy atom.